The summed E-state index contributed by atoms with van der Waals surface area (Å²) in [5.41, 5.74) is 2.00. The molecular weight excluding hydrogens is 468 g/mol. The van der Waals surface area contributed by atoms with Crippen LogP contribution in [-0.4, -0.2) is 61.3 Å². The zero-order valence-electron chi connectivity index (χ0n) is 20.1. The van der Waals surface area contributed by atoms with Crippen molar-refractivity contribution in [2.45, 2.75) is 30.7 Å². The van der Waals surface area contributed by atoms with Gasteiger partial charge >= 0.3 is 5.76 Å². The molecule has 0 aliphatic carbocycles. The highest BCUT2D eigenvalue weighted by molar-refractivity contribution is 7.89. The molecule has 10 heteroatoms. The van der Waals surface area contributed by atoms with Gasteiger partial charge in [-0.05, 0) is 50.6 Å². The number of sulfonamides is 1. The number of nitrogens with one attached hydrogen (secondary N) is 1. The van der Waals surface area contributed by atoms with E-state index in [2.05, 4.69) is 29.4 Å². The molecule has 1 atom stereocenters. The van der Waals surface area contributed by atoms with Crippen LogP contribution in [0.5, 0.6) is 0 Å². The molecule has 35 heavy (non-hydrogen) atoms. The van der Waals surface area contributed by atoms with E-state index in [1.807, 2.05) is 18.2 Å². The van der Waals surface area contributed by atoms with Crippen molar-refractivity contribution in [3.05, 3.63) is 64.6 Å². The summed E-state index contributed by atoms with van der Waals surface area (Å²) in [5.74, 6) is -1.05. The Morgan fingerprint density at radius 3 is 2.74 bits per heavy atom. The van der Waals surface area contributed by atoms with Gasteiger partial charge in [0.05, 0.1) is 16.3 Å². The number of benzene rings is 2. The van der Waals surface area contributed by atoms with Crippen molar-refractivity contribution < 1.29 is 17.6 Å². The lowest BCUT2D eigenvalue weighted by Crippen LogP contribution is -2.45. The molecule has 1 aliphatic rings. The smallest absolute Gasteiger partial charge is 0.408 e. The van der Waals surface area contributed by atoms with Gasteiger partial charge < -0.3 is 14.6 Å². The van der Waals surface area contributed by atoms with Gasteiger partial charge in [0.1, 0.15) is 0 Å². The molecule has 9 nitrogen and oxygen atoms in total. The molecule has 188 valence electrons. The highest BCUT2D eigenvalue weighted by Gasteiger charge is 2.33. The van der Waals surface area contributed by atoms with Gasteiger partial charge in [-0.1, -0.05) is 30.3 Å². The van der Waals surface area contributed by atoms with E-state index >= 15 is 0 Å². The van der Waals surface area contributed by atoms with Crippen LogP contribution in [0.1, 0.15) is 24.8 Å². The average molecular weight is 501 g/mol. The number of carbonyl (C=O) groups excluding carboxylic acids is 1. The van der Waals surface area contributed by atoms with Crippen LogP contribution in [-0.2, 0) is 28.4 Å². The Hall–Kier alpha value is -2.95. The molecule has 4 rings (SSSR count). The number of oxazole rings is 1. The highest BCUT2D eigenvalue weighted by atomic mass is 32.2. The van der Waals surface area contributed by atoms with Crippen LogP contribution < -0.4 is 11.1 Å². The van der Waals surface area contributed by atoms with Crippen LogP contribution in [0.4, 0.5) is 0 Å². The van der Waals surface area contributed by atoms with Gasteiger partial charge in [0.15, 0.2) is 5.58 Å². The van der Waals surface area contributed by atoms with E-state index < -0.39 is 15.8 Å². The Kier molecular flexibility index (Phi) is 7.73. The standard InChI is InChI=1S/C25H32N4O5S/c1-27(17-19-8-4-3-5-9-19)14-7-13-26-24(30)20-10-6-15-29(18-20)35(32,33)21-11-12-22-23(16-21)34-25(31)28(22)2/h3-5,8-9,11-12,16,20H,6-7,10,13-15,17-18H2,1-2H3,(H,26,30)/t20-/m1/s1. The monoisotopic (exact) mass is 500 g/mol. The Balaban J connectivity index is 1.30. The van der Waals surface area contributed by atoms with Crippen LogP contribution in [0.15, 0.2) is 62.6 Å². The zero-order valence-corrected chi connectivity index (χ0v) is 21.0. The lowest BCUT2D eigenvalue weighted by Gasteiger charge is -2.31. The maximum Gasteiger partial charge on any atom is 0.419 e. The van der Waals surface area contributed by atoms with Gasteiger partial charge in [0.25, 0.3) is 0 Å². The molecule has 1 amide bonds. The Bertz CT molecular complexity index is 1330. The number of hydrogen-bond acceptors (Lipinski definition) is 6. The fourth-order valence-corrected chi connectivity index (χ4v) is 6.02. The Morgan fingerprint density at radius 1 is 1.20 bits per heavy atom. The predicted molar refractivity (Wildman–Crippen MR) is 133 cm³/mol. The number of amides is 1. The maximum atomic E-state index is 13.2. The molecule has 1 aromatic heterocycles. The fraction of sp³-hybridized carbons (Fsp3) is 0.440. The van der Waals surface area contributed by atoms with Gasteiger partial charge in [-0.15, -0.1) is 0 Å². The van der Waals surface area contributed by atoms with Crippen molar-refractivity contribution in [2.75, 3.05) is 33.2 Å². The minimum Gasteiger partial charge on any atom is -0.408 e. The second-order valence-corrected chi connectivity index (χ2v) is 11.1. The largest absolute Gasteiger partial charge is 0.419 e. The van der Waals surface area contributed by atoms with E-state index in [9.17, 15) is 18.0 Å². The van der Waals surface area contributed by atoms with E-state index in [0.717, 1.165) is 19.5 Å². The summed E-state index contributed by atoms with van der Waals surface area (Å²) in [6.45, 7) is 2.73. The zero-order chi connectivity index (χ0) is 25.0. The number of hydrogen-bond donors (Lipinski definition) is 1. The van der Waals surface area contributed by atoms with Crippen molar-refractivity contribution in [2.24, 2.45) is 13.0 Å². The van der Waals surface area contributed by atoms with Gasteiger partial charge in [0.2, 0.25) is 15.9 Å². The Morgan fingerprint density at radius 2 is 1.97 bits per heavy atom. The fourth-order valence-electron chi connectivity index (χ4n) is 4.48. The first-order chi connectivity index (χ1) is 16.8. The number of aryl methyl sites for hydroxylation is 1. The van der Waals surface area contributed by atoms with Crippen molar-refractivity contribution in [1.82, 2.24) is 19.1 Å². The summed E-state index contributed by atoms with van der Waals surface area (Å²) in [6, 6.07) is 14.6. The number of fused-ring (bicyclic) bond motifs is 1. The average Bonchev–Trinajstić information content (AvgIpc) is 3.15. The molecule has 0 unspecified atom stereocenters. The molecule has 2 heterocycles. The number of piperidine rings is 1. The summed E-state index contributed by atoms with van der Waals surface area (Å²) in [5, 5.41) is 2.98. The first-order valence-corrected chi connectivity index (χ1v) is 13.3. The highest BCUT2D eigenvalue weighted by Crippen LogP contribution is 2.26. The summed E-state index contributed by atoms with van der Waals surface area (Å²) < 4.78 is 34.3. The van der Waals surface area contributed by atoms with Gasteiger partial charge in [-0.3, -0.25) is 9.36 Å². The molecule has 0 radical (unpaired) electrons. The summed E-state index contributed by atoms with van der Waals surface area (Å²) in [7, 11) is -0.195. The van der Waals surface area contributed by atoms with Crippen molar-refractivity contribution in [1.29, 1.82) is 0 Å². The van der Waals surface area contributed by atoms with E-state index in [1.54, 1.807) is 13.1 Å². The van der Waals surface area contributed by atoms with Crippen molar-refractivity contribution in [3.8, 4) is 0 Å². The molecule has 0 bridgehead atoms. The summed E-state index contributed by atoms with van der Waals surface area (Å²) in [6.07, 6.45) is 2.07. The summed E-state index contributed by atoms with van der Waals surface area (Å²) >= 11 is 0. The molecular formula is C25H32N4O5S. The minimum atomic E-state index is -3.81. The number of carbonyl (C=O) groups is 1. The molecule has 2 aromatic carbocycles. The molecule has 3 aromatic rings. The number of rotatable bonds is 9. The maximum absolute atomic E-state index is 13.2. The molecule has 0 saturated carbocycles. The molecule has 1 aliphatic heterocycles. The SMILES string of the molecule is CN(CCCNC(=O)[C@@H]1CCCN(S(=O)(=O)c2ccc3c(c2)oc(=O)n3C)C1)Cc1ccccc1. The number of aromatic nitrogens is 1. The van der Waals surface area contributed by atoms with Gasteiger partial charge in [0, 0.05) is 39.3 Å². The lowest BCUT2D eigenvalue weighted by atomic mass is 9.99. The van der Waals surface area contributed by atoms with E-state index in [1.165, 1.54) is 26.6 Å². The third kappa shape index (κ3) is 5.83. The third-order valence-electron chi connectivity index (χ3n) is 6.47. The first kappa shape index (κ1) is 25.2. The molecule has 1 saturated heterocycles. The van der Waals surface area contributed by atoms with Crippen LogP contribution in [0.2, 0.25) is 0 Å². The van der Waals surface area contributed by atoms with Gasteiger partial charge in [-0.2, -0.15) is 4.31 Å². The van der Waals surface area contributed by atoms with E-state index in [0.29, 0.717) is 31.4 Å². The van der Waals surface area contributed by atoms with Crippen LogP contribution in [0, 0.1) is 5.92 Å². The Labute approximate surface area is 205 Å². The molecule has 1 N–H and O–H groups in total. The number of nitrogens with zero attached hydrogens (tertiary/aromatic N) is 3. The van der Waals surface area contributed by atoms with E-state index in [-0.39, 0.29) is 28.8 Å². The van der Waals surface area contributed by atoms with Gasteiger partial charge in [-0.25, -0.2) is 13.2 Å². The molecule has 0 spiro atoms. The van der Waals surface area contributed by atoms with E-state index in [4.69, 9.17) is 4.42 Å². The quantitative estimate of drug-likeness (QED) is 0.452. The minimum absolute atomic E-state index is 0.0573. The third-order valence-corrected chi connectivity index (χ3v) is 8.33. The van der Waals surface area contributed by atoms with Crippen LogP contribution in [0.3, 0.4) is 0 Å². The van der Waals surface area contributed by atoms with Crippen LogP contribution in [0.25, 0.3) is 11.1 Å². The molecule has 1 fully saturated rings. The predicted octanol–water partition coefficient (Wildman–Crippen LogP) is 2.17. The second-order valence-electron chi connectivity index (χ2n) is 9.13. The second kappa shape index (κ2) is 10.8. The first-order valence-electron chi connectivity index (χ1n) is 11.9. The topological polar surface area (TPSA) is 105 Å². The summed E-state index contributed by atoms with van der Waals surface area (Å²) in [4.78, 5) is 26.8. The van der Waals surface area contributed by atoms with Crippen molar-refractivity contribution >= 4 is 27.0 Å². The lowest BCUT2D eigenvalue weighted by molar-refractivity contribution is -0.126. The van der Waals surface area contributed by atoms with Crippen molar-refractivity contribution in [3.63, 3.8) is 0 Å². The van der Waals surface area contributed by atoms with Crippen LogP contribution >= 0.6 is 0 Å². The normalized spacial score (nSPS) is 17.2.